The molecule has 0 aliphatic heterocycles. The van der Waals surface area contributed by atoms with Gasteiger partial charge in [0.15, 0.2) is 0 Å². The maximum Gasteiger partial charge on any atom is 0.326 e. The van der Waals surface area contributed by atoms with Gasteiger partial charge < -0.3 is 20.6 Å². The molecule has 1 rings (SSSR count). The number of carboxylic acid groups (broad SMARTS) is 1. The van der Waals surface area contributed by atoms with E-state index in [-0.39, 0.29) is 5.56 Å². The Bertz CT molecular complexity index is 484. The van der Waals surface area contributed by atoms with Crippen molar-refractivity contribution in [3.05, 3.63) is 23.8 Å². The zero-order chi connectivity index (χ0) is 14.8. The van der Waals surface area contributed by atoms with E-state index in [1.165, 1.54) is 18.2 Å². The number of aliphatic carboxylic acids is 1. The van der Waals surface area contributed by atoms with Crippen LogP contribution in [0.4, 0.5) is 0 Å². The highest BCUT2D eigenvalue weighted by molar-refractivity contribution is 6.01. The number of amides is 1. The van der Waals surface area contributed by atoms with Crippen molar-refractivity contribution in [3.63, 3.8) is 0 Å². The van der Waals surface area contributed by atoms with Crippen LogP contribution in [0.5, 0.6) is 11.5 Å². The van der Waals surface area contributed by atoms with Gasteiger partial charge in [-0.05, 0) is 17.5 Å². The Kier molecular flexibility index (Phi) is 4.04. The van der Waals surface area contributed by atoms with Crippen molar-refractivity contribution in [2.75, 3.05) is 0 Å². The molecule has 4 N–H and O–H groups in total. The maximum absolute atomic E-state index is 12.0. The molecule has 1 atom stereocenters. The predicted molar refractivity (Wildman–Crippen MR) is 68.1 cm³/mol. The number of carboxylic acids is 1. The number of hydrogen-bond donors (Lipinski definition) is 4. The predicted octanol–water partition coefficient (Wildman–Crippen LogP) is 1.33. The van der Waals surface area contributed by atoms with Crippen molar-refractivity contribution in [1.82, 2.24) is 5.32 Å². The van der Waals surface area contributed by atoms with Crippen LogP contribution in [-0.4, -0.2) is 33.2 Å². The standard InChI is InChI=1S/C13H17NO5/c1-13(2,3)10(12(18)19)14-11(17)9-7(15)5-4-6-8(9)16/h4-6,10,15-16H,1-3H3,(H,14,17)(H,18,19)/t10-/m0/s1. The molecule has 1 amide bonds. The highest BCUT2D eigenvalue weighted by Crippen LogP contribution is 2.27. The third kappa shape index (κ3) is 3.37. The lowest BCUT2D eigenvalue weighted by Gasteiger charge is -2.27. The molecule has 0 spiro atoms. The van der Waals surface area contributed by atoms with Gasteiger partial charge in [0.1, 0.15) is 23.1 Å². The highest BCUT2D eigenvalue weighted by atomic mass is 16.4. The molecule has 0 heterocycles. The summed E-state index contributed by atoms with van der Waals surface area (Å²) in [4.78, 5) is 23.1. The van der Waals surface area contributed by atoms with E-state index in [1.54, 1.807) is 20.8 Å². The summed E-state index contributed by atoms with van der Waals surface area (Å²) in [5.41, 5.74) is -1.04. The van der Waals surface area contributed by atoms with Gasteiger partial charge in [0.05, 0.1) is 0 Å². The molecule has 1 aromatic carbocycles. The summed E-state index contributed by atoms with van der Waals surface area (Å²) in [6.45, 7) is 4.99. The van der Waals surface area contributed by atoms with Gasteiger partial charge in [-0.15, -0.1) is 0 Å². The van der Waals surface area contributed by atoms with Crippen LogP contribution in [0.15, 0.2) is 18.2 Å². The molecule has 0 radical (unpaired) electrons. The van der Waals surface area contributed by atoms with Gasteiger partial charge in [0, 0.05) is 0 Å². The quantitative estimate of drug-likeness (QED) is 0.661. The van der Waals surface area contributed by atoms with Crippen LogP contribution < -0.4 is 5.32 Å². The number of carbonyl (C=O) groups excluding carboxylic acids is 1. The first-order valence-electron chi connectivity index (χ1n) is 5.69. The SMILES string of the molecule is CC(C)(C)[C@@H](NC(=O)c1c(O)cccc1O)C(=O)O. The zero-order valence-corrected chi connectivity index (χ0v) is 11.0. The second-order valence-electron chi connectivity index (χ2n) is 5.28. The Hall–Kier alpha value is -2.24. The number of benzene rings is 1. The monoisotopic (exact) mass is 267 g/mol. The van der Waals surface area contributed by atoms with Crippen molar-refractivity contribution in [1.29, 1.82) is 0 Å². The topological polar surface area (TPSA) is 107 Å². The fraction of sp³-hybridized carbons (Fsp3) is 0.385. The molecular formula is C13H17NO5. The average molecular weight is 267 g/mol. The molecule has 0 saturated carbocycles. The third-order valence-electron chi connectivity index (χ3n) is 2.64. The summed E-state index contributed by atoms with van der Waals surface area (Å²) in [5.74, 6) is -2.83. The van der Waals surface area contributed by atoms with Gasteiger partial charge in [-0.2, -0.15) is 0 Å². The number of carbonyl (C=O) groups is 2. The fourth-order valence-corrected chi connectivity index (χ4v) is 1.61. The van der Waals surface area contributed by atoms with Crippen LogP contribution in [0.2, 0.25) is 0 Å². The van der Waals surface area contributed by atoms with E-state index in [2.05, 4.69) is 5.32 Å². The second kappa shape index (κ2) is 5.17. The van der Waals surface area contributed by atoms with Gasteiger partial charge in [0.2, 0.25) is 0 Å². The summed E-state index contributed by atoms with van der Waals surface area (Å²) in [6, 6.07) is 2.71. The van der Waals surface area contributed by atoms with Crippen molar-refractivity contribution >= 4 is 11.9 Å². The Morgan fingerprint density at radius 3 is 2.00 bits per heavy atom. The lowest BCUT2D eigenvalue weighted by molar-refractivity contribution is -0.142. The minimum Gasteiger partial charge on any atom is -0.507 e. The average Bonchev–Trinajstić information content (AvgIpc) is 2.23. The fourth-order valence-electron chi connectivity index (χ4n) is 1.61. The molecular weight excluding hydrogens is 250 g/mol. The van der Waals surface area contributed by atoms with Gasteiger partial charge in [-0.1, -0.05) is 26.8 Å². The zero-order valence-electron chi connectivity index (χ0n) is 11.0. The van der Waals surface area contributed by atoms with Gasteiger partial charge in [-0.3, -0.25) is 4.79 Å². The minimum atomic E-state index is -1.18. The molecule has 6 nitrogen and oxygen atoms in total. The van der Waals surface area contributed by atoms with E-state index in [1.807, 2.05) is 0 Å². The first-order valence-corrected chi connectivity index (χ1v) is 5.69. The number of rotatable bonds is 3. The Morgan fingerprint density at radius 1 is 1.16 bits per heavy atom. The Balaban J connectivity index is 3.05. The second-order valence-corrected chi connectivity index (χ2v) is 5.28. The molecule has 0 aliphatic carbocycles. The molecule has 0 aromatic heterocycles. The van der Waals surface area contributed by atoms with Crippen LogP contribution in [0.25, 0.3) is 0 Å². The molecule has 0 bridgehead atoms. The Labute approximate surface area is 110 Å². The maximum atomic E-state index is 12.0. The first kappa shape index (κ1) is 14.8. The van der Waals surface area contributed by atoms with E-state index >= 15 is 0 Å². The molecule has 0 unspecified atom stereocenters. The van der Waals surface area contributed by atoms with Gasteiger partial charge in [-0.25, -0.2) is 4.79 Å². The number of hydrogen-bond acceptors (Lipinski definition) is 4. The molecule has 0 fully saturated rings. The van der Waals surface area contributed by atoms with E-state index in [4.69, 9.17) is 5.11 Å². The Morgan fingerprint density at radius 2 is 1.63 bits per heavy atom. The molecule has 1 aromatic rings. The lowest BCUT2D eigenvalue weighted by atomic mass is 9.86. The smallest absolute Gasteiger partial charge is 0.326 e. The number of aromatic hydroxyl groups is 2. The summed E-state index contributed by atoms with van der Waals surface area (Å²) in [5, 5.41) is 30.5. The molecule has 104 valence electrons. The van der Waals surface area contributed by atoms with Crippen molar-refractivity contribution < 1.29 is 24.9 Å². The van der Waals surface area contributed by atoms with Gasteiger partial charge >= 0.3 is 5.97 Å². The van der Waals surface area contributed by atoms with Crippen LogP contribution >= 0.6 is 0 Å². The number of phenolic OH excluding ortho intramolecular Hbond substituents is 2. The normalized spacial score (nSPS) is 12.8. The summed E-state index contributed by atoms with van der Waals surface area (Å²) < 4.78 is 0. The first-order chi connectivity index (χ1) is 8.64. The van der Waals surface area contributed by atoms with Crippen LogP contribution in [0.3, 0.4) is 0 Å². The minimum absolute atomic E-state index is 0.335. The molecule has 6 heteroatoms. The molecule has 0 aliphatic rings. The largest absolute Gasteiger partial charge is 0.507 e. The summed E-state index contributed by atoms with van der Waals surface area (Å²) in [7, 11) is 0. The number of nitrogens with one attached hydrogen (secondary N) is 1. The van der Waals surface area contributed by atoms with Crippen molar-refractivity contribution in [2.45, 2.75) is 26.8 Å². The third-order valence-corrected chi connectivity index (χ3v) is 2.64. The van der Waals surface area contributed by atoms with Crippen molar-refractivity contribution in [2.24, 2.45) is 5.41 Å². The number of phenols is 2. The van der Waals surface area contributed by atoms with E-state index in [0.717, 1.165) is 0 Å². The lowest BCUT2D eigenvalue weighted by Crippen LogP contribution is -2.49. The van der Waals surface area contributed by atoms with Gasteiger partial charge in [0.25, 0.3) is 5.91 Å². The van der Waals surface area contributed by atoms with Crippen molar-refractivity contribution in [3.8, 4) is 11.5 Å². The molecule has 19 heavy (non-hydrogen) atoms. The van der Waals surface area contributed by atoms with Crippen LogP contribution in [0, 0.1) is 5.41 Å². The van der Waals surface area contributed by atoms with Crippen LogP contribution in [0.1, 0.15) is 31.1 Å². The van der Waals surface area contributed by atoms with E-state index < -0.39 is 34.8 Å². The van der Waals surface area contributed by atoms with E-state index in [0.29, 0.717) is 0 Å². The summed E-state index contributed by atoms with van der Waals surface area (Å²) >= 11 is 0. The van der Waals surface area contributed by atoms with E-state index in [9.17, 15) is 19.8 Å². The highest BCUT2D eigenvalue weighted by Gasteiger charge is 2.33. The molecule has 0 saturated heterocycles. The summed E-state index contributed by atoms with van der Waals surface area (Å²) in [6.07, 6.45) is 0. The van der Waals surface area contributed by atoms with Crippen LogP contribution in [-0.2, 0) is 4.79 Å².